The third kappa shape index (κ3) is 6.53. The monoisotopic (exact) mass is 545 g/mol. The van der Waals surface area contributed by atoms with Crippen LogP contribution in [0.15, 0.2) is 46.7 Å². The fraction of sp³-hybridized carbons (Fsp3) is 0.545. The molecule has 17 heteroatoms. The van der Waals surface area contributed by atoms with Gasteiger partial charge in [0.15, 0.2) is 0 Å². The summed E-state index contributed by atoms with van der Waals surface area (Å²) in [5, 5.41) is 50.5. The van der Waals surface area contributed by atoms with Crippen molar-refractivity contribution in [3.63, 3.8) is 0 Å². The van der Waals surface area contributed by atoms with E-state index in [1.165, 1.54) is 0 Å². The molecular formula is C22H30BN8O8-. The Labute approximate surface area is 221 Å². The van der Waals surface area contributed by atoms with Crippen LogP contribution >= 0.6 is 0 Å². The van der Waals surface area contributed by atoms with E-state index in [1.54, 1.807) is 0 Å². The zero-order valence-corrected chi connectivity index (χ0v) is 21.2. The number of hydrogen-bond donors (Lipinski definition) is 5. The van der Waals surface area contributed by atoms with Crippen LogP contribution in [0.1, 0.15) is 77.0 Å². The van der Waals surface area contributed by atoms with E-state index in [-0.39, 0.29) is 5.46 Å². The number of H-pyrrole nitrogens is 2. The van der Waals surface area contributed by atoms with Gasteiger partial charge in [-0.2, -0.15) is 0 Å². The van der Waals surface area contributed by atoms with Crippen molar-refractivity contribution in [2.75, 3.05) is 0 Å². The van der Waals surface area contributed by atoms with E-state index in [2.05, 4.69) is 40.9 Å². The summed E-state index contributed by atoms with van der Waals surface area (Å²) in [4.78, 5) is 29.2. The van der Waals surface area contributed by atoms with E-state index in [0.717, 1.165) is 44.7 Å². The molecule has 0 atom stereocenters. The van der Waals surface area contributed by atoms with Gasteiger partial charge in [-0.1, -0.05) is 15.5 Å². The maximum absolute atomic E-state index is 13.0. The van der Waals surface area contributed by atoms with Crippen molar-refractivity contribution >= 4 is 46.5 Å². The Morgan fingerprint density at radius 1 is 0.615 bits per heavy atom. The smallest absolute Gasteiger partial charge is 0.536 e. The minimum absolute atomic E-state index is 0.294. The summed E-state index contributed by atoms with van der Waals surface area (Å²) < 4.78 is 17.3. The lowest BCUT2D eigenvalue weighted by Gasteiger charge is -2.35. The minimum Gasteiger partial charge on any atom is -0.536 e. The first-order chi connectivity index (χ1) is 19.0. The molecule has 3 fully saturated rings. The Kier molecular flexibility index (Phi) is 9.12. The first kappa shape index (κ1) is 27.6. The van der Waals surface area contributed by atoms with Crippen molar-refractivity contribution in [1.29, 1.82) is 0 Å². The molecule has 1 heterocycles. The molecular weight excluding hydrogens is 515 g/mol. The lowest BCUT2D eigenvalue weighted by Crippen LogP contribution is -2.61. The number of aromatic amines is 2. The molecule has 0 aliphatic heterocycles. The average molecular weight is 545 g/mol. The van der Waals surface area contributed by atoms with Crippen LogP contribution in [0.3, 0.4) is 0 Å². The summed E-state index contributed by atoms with van der Waals surface area (Å²) in [6.07, 6.45) is 8.26. The first-order valence-corrected chi connectivity index (χ1v) is 12.8. The van der Waals surface area contributed by atoms with Gasteiger partial charge in [-0.25, -0.2) is 4.79 Å². The molecule has 210 valence electrons. The van der Waals surface area contributed by atoms with Crippen LogP contribution in [0.5, 0.6) is 0 Å². The quantitative estimate of drug-likeness (QED) is 0.191. The van der Waals surface area contributed by atoms with Crippen LogP contribution in [0.25, 0.3) is 0 Å². The molecule has 0 amide bonds. The fourth-order valence-electron chi connectivity index (χ4n) is 4.55. The molecule has 3 saturated carbocycles. The SMILES string of the molecule is O=c1[nH]cc([B-](O/N=C2/CCCC/C2=N/O)(O/N=C2\CCCC\C2=N/O)O/N=C2\CCCC\C2=N/O)c(=O)[nH]1. The maximum atomic E-state index is 13.0. The highest BCUT2D eigenvalue weighted by molar-refractivity contribution is 6.75. The zero-order valence-electron chi connectivity index (χ0n) is 21.2. The molecule has 5 N–H and O–H groups in total. The van der Waals surface area contributed by atoms with Gasteiger partial charge >= 0.3 is 12.4 Å². The van der Waals surface area contributed by atoms with E-state index < -0.39 is 18.0 Å². The van der Waals surface area contributed by atoms with Gasteiger partial charge in [0.05, 0.1) is 17.1 Å². The Morgan fingerprint density at radius 2 is 0.974 bits per heavy atom. The molecule has 3 aliphatic carbocycles. The Bertz CT molecular complexity index is 1240. The van der Waals surface area contributed by atoms with Gasteiger partial charge in [-0.15, -0.1) is 15.5 Å². The van der Waals surface area contributed by atoms with E-state index in [0.29, 0.717) is 72.8 Å². The van der Waals surface area contributed by atoms with E-state index in [4.69, 9.17) is 14.3 Å². The van der Waals surface area contributed by atoms with Crippen LogP contribution in [-0.4, -0.2) is 66.6 Å². The average Bonchev–Trinajstić information content (AvgIpc) is 2.97. The van der Waals surface area contributed by atoms with Crippen molar-refractivity contribution in [2.45, 2.75) is 77.0 Å². The van der Waals surface area contributed by atoms with Crippen LogP contribution in [0, 0.1) is 0 Å². The molecule has 0 unspecified atom stereocenters. The molecule has 16 nitrogen and oxygen atoms in total. The van der Waals surface area contributed by atoms with Crippen molar-refractivity contribution in [1.82, 2.24) is 9.97 Å². The van der Waals surface area contributed by atoms with Gasteiger partial charge in [0, 0.05) is 5.46 Å². The molecule has 0 radical (unpaired) electrons. The standard InChI is InChI=1S/C22H30BN8O8/c32-21-14(13-24-22(33)25-21)23(37-29-18-10-4-1-7-15(18)26-34,38-30-19-11-5-2-8-16(19)27-35)39-31-20-12-6-3-9-17(20)28-36/h13,34-36H,1-12H2,(H2,24,25,32,33)/q-1/b26-15-,27-16+,28-17+,29-18-,30-19+,31-20+. The summed E-state index contributed by atoms with van der Waals surface area (Å²) >= 11 is 0. The van der Waals surface area contributed by atoms with Gasteiger partial charge in [-0.3, -0.25) is 9.78 Å². The number of oxime groups is 6. The number of aromatic nitrogens is 2. The molecule has 4 rings (SSSR count). The van der Waals surface area contributed by atoms with Gasteiger partial charge in [0.1, 0.15) is 17.1 Å². The number of nitrogens with one attached hydrogen (secondary N) is 2. The number of hydrogen-bond acceptors (Lipinski definition) is 14. The summed E-state index contributed by atoms with van der Waals surface area (Å²) in [6, 6.07) is 0. The normalized spacial score (nSPS) is 25.0. The maximum Gasteiger partial charge on any atom is 0.647 e. The second-order valence-electron chi connectivity index (χ2n) is 9.36. The highest BCUT2D eigenvalue weighted by Crippen LogP contribution is 2.20. The topological polar surface area (TPSA) is 228 Å². The summed E-state index contributed by atoms with van der Waals surface area (Å²) in [7, 11) is 0. The van der Waals surface area contributed by atoms with Crippen molar-refractivity contribution in [3.8, 4) is 0 Å². The predicted octanol–water partition coefficient (Wildman–Crippen LogP) is 1.54. The molecule has 0 aromatic carbocycles. The van der Waals surface area contributed by atoms with Crippen LogP contribution in [0.2, 0.25) is 0 Å². The lowest BCUT2D eigenvalue weighted by atomic mass is 9.71. The molecule has 0 spiro atoms. The van der Waals surface area contributed by atoms with Gasteiger partial charge < -0.3 is 34.9 Å². The first-order valence-electron chi connectivity index (χ1n) is 12.8. The Hall–Kier alpha value is -4.44. The largest absolute Gasteiger partial charge is 0.647 e. The van der Waals surface area contributed by atoms with Crippen LogP contribution in [-0.2, 0) is 14.3 Å². The fourth-order valence-corrected chi connectivity index (χ4v) is 4.55. The molecule has 0 bridgehead atoms. The molecule has 1 aromatic heterocycles. The molecule has 0 saturated heterocycles. The molecule has 1 aromatic rings. The van der Waals surface area contributed by atoms with Crippen molar-refractivity contribution < 1.29 is 29.9 Å². The molecule has 3 aliphatic rings. The second-order valence-corrected chi connectivity index (χ2v) is 9.36. The van der Waals surface area contributed by atoms with E-state index in [9.17, 15) is 25.2 Å². The van der Waals surface area contributed by atoms with Crippen molar-refractivity contribution in [2.24, 2.45) is 30.9 Å². The number of rotatable bonds is 7. The van der Waals surface area contributed by atoms with Crippen molar-refractivity contribution in [3.05, 3.63) is 27.0 Å². The summed E-state index contributed by atoms with van der Waals surface area (Å²) in [5.74, 6) is 0. The Balaban J connectivity index is 1.83. The predicted molar refractivity (Wildman–Crippen MR) is 142 cm³/mol. The highest BCUT2D eigenvalue weighted by atomic mass is 16.9. The molecule has 39 heavy (non-hydrogen) atoms. The van der Waals surface area contributed by atoms with E-state index >= 15 is 0 Å². The third-order valence-corrected chi connectivity index (χ3v) is 6.73. The van der Waals surface area contributed by atoms with Gasteiger partial charge in [0.25, 0.3) is 0 Å². The van der Waals surface area contributed by atoms with Crippen LogP contribution in [0.4, 0.5) is 0 Å². The van der Waals surface area contributed by atoms with E-state index in [1.807, 2.05) is 0 Å². The highest BCUT2D eigenvalue weighted by Gasteiger charge is 2.44. The van der Waals surface area contributed by atoms with Gasteiger partial charge in [-0.05, 0) is 83.2 Å². The Morgan fingerprint density at radius 3 is 1.31 bits per heavy atom. The summed E-state index contributed by atoms with van der Waals surface area (Å²) in [6.45, 7) is -3.50. The number of nitrogens with zero attached hydrogens (tertiary/aromatic N) is 6. The van der Waals surface area contributed by atoms with Crippen LogP contribution < -0.4 is 16.7 Å². The third-order valence-electron chi connectivity index (χ3n) is 6.73. The minimum atomic E-state index is -3.50. The lowest BCUT2D eigenvalue weighted by molar-refractivity contribution is 0.0801. The summed E-state index contributed by atoms with van der Waals surface area (Å²) in [5.41, 5.74) is -0.269. The van der Waals surface area contributed by atoms with Gasteiger partial charge in [0.2, 0.25) is 5.56 Å². The second kappa shape index (κ2) is 12.9. The zero-order chi connectivity index (χ0) is 27.7.